The monoisotopic (exact) mass is 315 g/mol. The molecule has 1 aliphatic rings. The highest BCUT2D eigenvalue weighted by Gasteiger charge is 2.33. The van der Waals surface area contributed by atoms with Crippen LogP contribution in [0.2, 0.25) is 0 Å². The number of sulfonamides is 1. The third kappa shape index (κ3) is 4.25. The highest BCUT2D eigenvalue weighted by Crippen LogP contribution is 2.33. The van der Waals surface area contributed by atoms with Gasteiger partial charge < -0.3 is 5.11 Å². The van der Waals surface area contributed by atoms with E-state index in [-0.39, 0.29) is 11.4 Å². The van der Waals surface area contributed by atoms with Crippen molar-refractivity contribution in [3.63, 3.8) is 0 Å². The number of hydrogen-bond acceptors (Lipinski definition) is 3. The number of halogens is 1. The number of benzene rings is 1. The maximum Gasteiger partial charge on any atom is 0.240 e. The molecule has 0 heterocycles. The largest absolute Gasteiger partial charge is 0.389 e. The van der Waals surface area contributed by atoms with Crippen LogP contribution in [0.25, 0.3) is 0 Å². The van der Waals surface area contributed by atoms with Gasteiger partial charge in [-0.15, -0.1) is 0 Å². The maximum absolute atomic E-state index is 13.1. The quantitative estimate of drug-likeness (QED) is 0.877. The van der Waals surface area contributed by atoms with E-state index in [0.29, 0.717) is 18.8 Å². The van der Waals surface area contributed by atoms with E-state index in [1.54, 1.807) is 0 Å². The van der Waals surface area contributed by atoms with Gasteiger partial charge in [-0.2, -0.15) is 0 Å². The van der Waals surface area contributed by atoms with Crippen LogP contribution in [-0.2, 0) is 10.0 Å². The first-order valence-electron chi connectivity index (χ1n) is 7.32. The molecule has 0 bridgehead atoms. The number of rotatable bonds is 5. The molecule has 1 saturated carbocycles. The van der Waals surface area contributed by atoms with Crippen LogP contribution >= 0.6 is 0 Å². The Morgan fingerprint density at radius 2 is 2.05 bits per heavy atom. The van der Waals surface area contributed by atoms with E-state index in [2.05, 4.69) is 11.6 Å². The third-order valence-electron chi connectivity index (χ3n) is 4.31. The van der Waals surface area contributed by atoms with E-state index in [1.807, 2.05) is 0 Å². The second-order valence-electron chi connectivity index (χ2n) is 5.86. The molecule has 1 fully saturated rings. The normalized spacial score (nSPS) is 26.7. The Labute approximate surface area is 125 Å². The van der Waals surface area contributed by atoms with Crippen molar-refractivity contribution in [2.75, 3.05) is 6.54 Å². The summed E-state index contributed by atoms with van der Waals surface area (Å²) in [7, 11) is -3.79. The van der Waals surface area contributed by atoms with E-state index in [0.717, 1.165) is 25.3 Å². The zero-order valence-corrected chi connectivity index (χ0v) is 13.0. The van der Waals surface area contributed by atoms with Crippen molar-refractivity contribution in [2.24, 2.45) is 5.92 Å². The van der Waals surface area contributed by atoms with Crippen LogP contribution in [0.4, 0.5) is 4.39 Å². The zero-order chi connectivity index (χ0) is 15.5. The minimum absolute atomic E-state index is 0.0255. The number of hydrogen-bond donors (Lipinski definition) is 2. The van der Waals surface area contributed by atoms with Gasteiger partial charge in [0.1, 0.15) is 5.82 Å². The third-order valence-corrected chi connectivity index (χ3v) is 5.71. The van der Waals surface area contributed by atoms with Crippen molar-refractivity contribution >= 4 is 10.0 Å². The van der Waals surface area contributed by atoms with Gasteiger partial charge in [0.25, 0.3) is 0 Å². The summed E-state index contributed by atoms with van der Waals surface area (Å²) in [6.45, 7) is 2.10. The minimum atomic E-state index is -3.79. The summed E-state index contributed by atoms with van der Waals surface area (Å²) in [4.78, 5) is -0.117. The first kappa shape index (κ1) is 16.4. The zero-order valence-electron chi connectivity index (χ0n) is 12.2. The molecule has 2 rings (SSSR count). The molecule has 0 amide bonds. The van der Waals surface area contributed by atoms with Crippen LogP contribution in [-0.4, -0.2) is 25.7 Å². The molecule has 21 heavy (non-hydrogen) atoms. The van der Waals surface area contributed by atoms with Crippen LogP contribution in [0.15, 0.2) is 29.2 Å². The first-order chi connectivity index (χ1) is 9.85. The van der Waals surface area contributed by atoms with E-state index in [4.69, 9.17) is 0 Å². The van der Waals surface area contributed by atoms with Gasteiger partial charge in [-0.25, -0.2) is 17.5 Å². The molecule has 0 spiro atoms. The van der Waals surface area contributed by atoms with Gasteiger partial charge in [-0.05, 0) is 49.8 Å². The van der Waals surface area contributed by atoms with Crippen LogP contribution in [0.5, 0.6) is 0 Å². The van der Waals surface area contributed by atoms with Crippen molar-refractivity contribution in [1.29, 1.82) is 0 Å². The summed E-state index contributed by atoms with van der Waals surface area (Å²) in [6, 6.07) is 4.85. The Morgan fingerprint density at radius 1 is 1.38 bits per heavy atom. The Balaban J connectivity index is 1.99. The Hall–Kier alpha value is -0.980. The minimum Gasteiger partial charge on any atom is -0.389 e. The second-order valence-corrected chi connectivity index (χ2v) is 7.62. The molecule has 0 aromatic heterocycles. The second kappa shape index (κ2) is 6.42. The summed E-state index contributed by atoms with van der Waals surface area (Å²) < 4.78 is 39.7. The number of aliphatic hydroxyl groups is 1. The Kier molecular flexibility index (Phi) is 5.01. The molecular weight excluding hydrogens is 293 g/mol. The molecule has 118 valence electrons. The lowest BCUT2D eigenvalue weighted by Crippen LogP contribution is -2.45. The fourth-order valence-electron chi connectivity index (χ4n) is 2.75. The first-order valence-corrected chi connectivity index (χ1v) is 8.80. The lowest BCUT2D eigenvalue weighted by atomic mass is 9.78. The number of nitrogens with one attached hydrogen (secondary N) is 1. The van der Waals surface area contributed by atoms with Gasteiger partial charge in [0.05, 0.1) is 10.5 Å². The maximum atomic E-state index is 13.1. The van der Waals surface area contributed by atoms with Crippen molar-refractivity contribution < 1.29 is 17.9 Å². The lowest BCUT2D eigenvalue weighted by Gasteiger charge is -2.35. The van der Waals surface area contributed by atoms with Crippen LogP contribution < -0.4 is 4.72 Å². The molecule has 0 saturated heterocycles. The molecular formula is C15H22FNO3S. The molecule has 2 N–H and O–H groups in total. The SMILES string of the molecule is CCC1CCC(O)(CNS(=O)(=O)c2cccc(F)c2)CC1. The standard InChI is InChI=1S/C15H22FNO3S/c1-2-12-6-8-15(18,9-7-12)11-17-21(19,20)14-5-3-4-13(16)10-14/h3-5,10,12,17-18H,2,6-9,11H2,1H3. The Morgan fingerprint density at radius 3 is 2.62 bits per heavy atom. The average molecular weight is 315 g/mol. The summed E-state index contributed by atoms with van der Waals surface area (Å²) >= 11 is 0. The van der Waals surface area contributed by atoms with Gasteiger partial charge in [-0.1, -0.05) is 19.4 Å². The highest BCUT2D eigenvalue weighted by molar-refractivity contribution is 7.89. The molecule has 4 nitrogen and oxygen atoms in total. The van der Waals surface area contributed by atoms with Gasteiger partial charge in [0.2, 0.25) is 10.0 Å². The molecule has 1 aromatic rings. The van der Waals surface area contributed by atoms with Crippen molar-refractivity contribution in [3.05, 3.63) is 30.1 Å². The van der Waals surface area contributed by atoms with Crippen LogP contribution in [0.1, 0.15) is 39.0 Å². The molecule has 1 aliphatic carbocycles. The molecule has 6 heteroatoms. The summed E-state index contributed by atoms with van der Waals surface area (Å²) in [5.74, 6) is 0.0187. The average Bonchev–Trinajstić information content (AvgIpc) is 2.46. The molecule has 0 radical (unpaired) electrons. The van der Waals surface area contributed by atoms with Crippen LogP contribution in [0.3, 0.4) is 0 Å². The summed E-state index contributed by atoms with van der Waals surface area (Å²) in [5, 5.41) is 10.4. The van der Waals surface area contributed by atoms with Crippen molar-refractivity contribution in [1.82, 2.24) is 4.72 Å². The molecule has 0 atom stereocenters. The smallest absolute Gasteiger partial charge is 0.240 e. The van der Waals surface area contributed by atoms with E-state index in [9.17, 15) is 17.9 Å². The van der Waals surface area contributed by atoms with E-state index >= 15 is 0 Å². The molecule has 0 aliphatic heterocycles. The Bertz CT molecular complexity index is 580. The van der Waals surface area contributed by atoms with Crippen molar-refractivity contribution in [2.45, 2.75) is 49.5 Å². The summed E-state index contributed by atoms with van der Waals surface area (Å²) in [5.41, 5.74) is -0.994. The highest BCUT2D eigenvalue weighted by atomic mass is 32.2. The van der Waals surface area contributed by atoms with Crippen molar-refractivity contribution in [3.8, 4) is 0 Å². The molecule has 0 unspecified atom stereocenters. The van der Waals surface area contributed by atoms with E-state index < -0.39 is 21.4 Å². The van der Waals surface area contributed by atoms with Crippen LogP contribution in [0, 0.1) is 11.7 Å². The predicted octanol–water partition coefficient (Wildman–Crippen LogP) is 2.44. The van der Waals surface area contributed by atoms with Gasteiger partial charge in [0.15, 0.2) is 0 Å². The lowest BCUT2D eigenvalue weighted by molar-refractivity contribution is -0.00442. The fraction of sp³-hybridized carbons (Fsp3) is 0.600. The topological polar surface area (TPSA) is 66.4 Å². The van der Waals surface area contributed by atoms with Gasteiger partial charge in [0, 0.05) is 6.54 Å². The molecule has 1 aromatic carbocycles. The van der Waals surface area contributed by atoms with Gasteiger partial charge in [-0.3, -0.25) is 0 Å². The fourth-order valence-corrected chi connectivity index (χ4v) is 3.90. The predicted molar refractivity (Wildman–Crippen MR) is 78.8 cm³/mol. The van der Waals surface area contributed by atoms with Gasteiger partial charge >= 0.3 is 0 Å². The van der Waals surface area contributed by atoms with E-state index in [1.165, 1.54) is 18.2 Å². The summed E-state index contributed by atoms with van der Waals surface area (Å²) in [6.07, 6.45) is 4.10.